The molecule has 0 spiro atoms. The van der Waals surface area contributed by atoms with Crippen molar-refractivity contribution in [2.75, 3.05) is 11.5 Å². The van der Waals surface area contributed by atoms with Gasteiger partial charge in [-0.25, -0.2) is 8.42 Å². The van der Waals surface area contributed by atoms with Crippen LogP contribution in [-0.2, 0) is 9.84 Å². The summed E-state index contributed by atoms with van der Waals surface area (Å²) in [4.78, 5) is 0. The van der Waals surface area contributed by atoms with Crippen LogP contribution in [0.5, 0.6) is 0 Å². The summed E-state index contributed by atoms with van der Waals surface area (Å²) in [6, 6.07) is 0. The number of sulfone groups is 1. The van der Waals surface area contributed by atoms with Gasteiger partial charge < -0.3 is 0 Å². The molecule has 0 N–H and O–H groups in total. The van der Waals surface area contributed by atoms with Crippen molar-refractivity contribution in [2.45, 2.75) is 10.8 Å². The fourth-order valence-electron chi connectivity index (χ4n) is 0.762. The zero-order valence-corrected chi connectivity index (χ0v) is 6.88. The Morgan fingerprint density at radius 2 is 1.44 bits per heavy atom. The molecule has 0 aromatic carbocycles. The van der Waals surface area contributed by atoms with Crippen molar-refractivity contribution in [2.24, 2.45) is 0 Å². The third kappa shape index (κ3) is 1.72. The Morgan fingerprint density at radius 1 is 1.11 bits per heavy atom. The number of halogens is 2. The molecular formula is C4H6Cl2O2S. The van der Waals surface area contributed by atoms with E-state index in [0.29, 0.717) is 0 Å². The normalized spacial score (nSPS) is 41.1. The van der Waals surface area contributed by atoms with E-state index in [1.807, 2.05) is 0 Å². The lowest BCUT2D eigenvalue weighted by molar-refractivity contribution is 0.602. The molecule has 1 aliphatic heterocycles. The summed E-state index contributed by atoms with van der Waals surface area (Å²) in [5, 5.41) is -0.784. The highest BCUT2D eigenvalue weighted by Crippen LogP contribution is 2.22. The van der Waals surface area contributed by atoms with E-state index < -0.39 is 20.6 Å². The van der Waals surface area contributed by atoms with Crippen LogP contribution in [0.15, 0.2) is 0 Å². The van der Waals surface area contributed by atoms with Crippen LogP contribution in [0.2, 0.25) is 0 Å². The first-order valence-corrected chi connectivity index (χ1v) is 5.19. The van der Waals surface area contributed by atoms with Crippen molar-refractivity contribution in [1.29, 1.82) is 0 Å². The van der Waals surface area contributed by atoms with Gasteiger partial charge in [0.05, 0.1) is 22.3 Å². The topological polar surface area (TPSA) is 34.1 Å². The molecule has 0 aromatic rings. The van der Waals surface area contributed by atoms with Gasteiger partial charge in [-0.1, -0.05) is 0 Å². The van der Waals surface area contributed by atoms with Gasteiger partial charge in [0.25, 0.3) is 0 Å². The molecule has 0 radical (unpaired) electrons. The first kappa shape index (κ1) is 7.63. The molecule has 5 heteroatoms. The van der Waals surface area contributed by atoms with E-state index in [9.17, 15) is 8.42 Å². The molecule has 1 saturated heterocycles. The smallest absolute Gasteiger partial charge is 0.153 e. The van der Waals surface area contributed by atoms with Crippen molar-refractivity contribution in [3.8, 4) is 0 Å². The van der Waals surface area contributed by atoms with Gasteiger partial charge in [0.1, 0.15) is 0 Å². The minimum atomic E-state index is -2.91. The Bertz CT molecular complexity index is 183. The van der Waals surface area contributed by atoms with Gasteiger partial charge in [0, 0.05) is 0 Å². The molecule has 1 fully saturated rings. The Kier molecular flexibility index (Phi) is 1.94. The fourth-order valence-corrected chi connectivity index (χ4v) is 3.87. The van der Waals surface area contributed by atoms with Gasteiger partial charge in [-0.15, -0.1) is 23.2 Å². The minimum Gasteiger partial charge on any atom is -0.229 e. The molecule has 0 amide bonds. The van der Waals surface area contributed by atoms with Crippen LogP contribution in [0.25, 0.3) is 0 Å². The first-order valence-electron chi connectivity index (χ1n) is 2.50. The molecular weight excluding hydrogens is 183 g/mol. The van der Waals surface area contributed by atoms with E-state index in [1.54, 1.807) is 0 Å². The summed E-state index contributed by atoms with van der Waals surface area (Å²) in [6.07, 6.45) is 0. The maximum absolute atomic E-state index is 10.7. The van der Waals surface area contributed by atoms with Gasteiger partial charge >= 0.3 is 0 Å². The second-order valence-electron chi connectivity index (χ2n) is 2.11. The molecule has 1 rings (SSSR count). The van der Waals surface area contributed by atoms with Crippen molar-refractivity contribution >= 4 is 33.0 Å². The summed E-state index contributed by atoms with van der Waals surface area (Å²) in [7, 11) is -2.91. The molecule has 0 aromatic heterocycles. The maximum atomic E-state index is 10.7. The second-order valence-corrected chi connectivity index (χ2v) is 5.38. The number of hydrogen-bond acceptors (Lipinski definition) is 2. The minimum absolute atomic E-state index is 0.0305. The van der Waals surface area contributed by atoms with E-state index in [0.717, 1.165) is 0 Å². The van der Waals surface area contributed by atoms with E-state index >= 15 is 0 Å². The van der Waals surface area contributed by atoms with E-state index in [2.05, 4.69) is 0 Å². The lowest BCUT2D eigenvalue weighted by Gasteiger charge is -1.97. The lowest BCUT2D eigenvalue weighted by atomic mass is 10.4. The molecule has 2 atom stereocenters. The third-order valence-corrected chi connectivity index (χ3v) is 4.36. The van der Waals surface area contributed by atoms with Crippen molar-refractivity contribution < 1.29 is 8.42 Å². The van der Waals surface area contributed by atoms with Crippen LogP contribution in [-0.4, -0.2) is 30.7 Å². The molecule has 54 valence electrons. The summed E-state index contributed by atoms with van der Waals surface area (Å²) >= 11 is 11.1. The Hall–Kier alpha value is 0.530. The van der Waals surface area contributed by atoms with Gasteiger partial charge in [0.15, 0.2) is 9.84 Å². The van der Waals surface area contributed by atoms with Crippen LogP contribution < -0.4 is 0 Å². The zero-order valence-electron chi connectivity index (χ0n) is 4.55. The fraction of sp³-hybridized carbons (Fsp3) is 1.00. The highest BCUT2D eigenvalue weighted by atomic mass is 35.5. The van der Waals surface area contributed by atoms with Crippen molar-refractivity contribution in [3.63, 3.8) is 0 Å². The highest BCUT2D eigenvalue weighted by molar-refractivity contribution is 7.91. The zero-order chi connectivity index (χ0) is 7.07. The van der Waals surface area contributed by atoms with Gasteiger partial charge in [0.2, 0.25) is 0 Å². The molecule has 0 aliphatic carbocycles. The quantitative estimate of drug-likeness (QED) is 0.523. The molecule has 9 heavy (non-hydrogen) atoms. The average Bonchev–Trinajstić information content (AvgIpc) is 1.79. The Balaban J connectivity index is 2.77. The van der Waals surface area contributed by atoms with E-state index in [4.69, 9.17) is 23.2 Å². The van der Waals surface area contributed by atoms with E-state index in [-0.39, 0.29) is 11.5 Å². The van der Waals surface area contributed by atoms with Crippen LogP contribution in [0, 0.1) is 0 Å². The summed E-state index contributed by atoms with van der Waals surface area (Å²) in [5.41, 5.74) is 0. The summed E-state index contributed by atoms with van der Waals surface area (Å²) in [6.45, 7) is 0. The van der Waals surface area contributed by atoms with Crippen LogP contribution >= 0.6 is 23.2 Å². The predicted octanol–water partition coefficient (Wildman–Crippen LogP) is 0.630. The number of alkyl halides is 2. The SMILES string of the molecule is O=S1(=O)C[C@@H](Cl)[C@@H](Cl)C1. The van der Waals surface area contributed by atoms with Crippen LogP contribution in [0.1, 0.15) is 0 Å². The summed E-state index contributed by atoms with van der Waals surface area (Å²) < 4.78 is 21.4. The molecule has 0 bridgehead atoms. The predicted molar refractivity (Wildman–Crippen MR) is 37.9 cm³/mol. The van der Waals surface area contributed by atoms with Gasteiger partial charge in [-0.3, -0.25) is 0 Å². The average molecular weight is 189 g/mol. The second kappa shape index (κ2) is 2.29. The molecule has 1 heterocycles. The summed E-state index contributed by atoms with van der Waals surface area (Å²) in [5.74, 6) is 0.0610. The molecule has 2 nitrogen and oxygen atoms in total. The van der Waals surface area contributed by atoms with Gasteiger partial charge in [-0.2, -0.15) is 0 Å². The monoisotopic (exact) mass is 188 g/mol. The third-order valence-electron chi connectivity index (χ3n) is 1.22. The Morgan fingerprint density at radius 3 is 1.56 bits per heavy atom. The van der Waals surface area contributed by atoms with Crippen molar-refractivity contribution in [1.82, 2.24) is 0 Å². The number of rotatable bonds is 0. The van der Waals surface area contributed by atoms with E-state index in [1.165, 1.54) is 0 Å². The largest absolute Gasteiger partial charge is 0.229 e. The highest BCUT2D eigenvalue weighted by Gasteiger charge is 2.34. The van der Waals surface area contributed by atoms with Crippen molar-refractivity contribution in [3.05, 3.63) is 0 Å². The Labute approximate surface area is 64.1 Å². The molecule has 1 aliphatic rings. The number of hydrogen-bond donors (Lipinski definition) is 0. The molecule has 0 unspecified atom stereocenters. The standard InChI is InChI=1S/C4H6Cl2O2S/c5-3-1-9(7,8)2-4(3)6/h3-4H,1-2H2/t3-,4+. The van der Waals surface area contributed by atoms with Crippen LogP contribution in [0.4, 0.5) is 0 Å². The van der Waals surface area contributed by atoms with Crippen LogP contribution in [0.3, 0.4) is 0 Å². The molecule has 0 saturated carbocycles. The van der Waals surface area contributed by atoms with Gasteiger partial charge in [-0.05, 0) is 0 Å². The lowest BCUT2D eigenvalue weighted by Crippen LogP contribution is -2.09. The maximum Gasteiger partial charge on any atom is 0.153 e. The first-order chi connectivity index (χ1) is 4.01.